The first kappa shape index (κ1) is 32.2. The Morgan fingerprint density at radius 2 is 1.81 bits per heavy atom. The van der Waals surface area contributed by atoms with Crippen LogP contribution in [0.25, 0.3) is 0 Å². The van der Waals surface area contributed by atoms with E-state index < -0.39 is 11.6 Å². The van der Waals surface area contributed by atoms with Gasteiger partial charge in [-0.2, -0.15) is 5.10 Å². The number of carbonyl (C=O) groups excluding carboxylic acids is 4. The van der Waals surface area contributed by atoms with Crippen LogP contribution >= 0.6 is 0 Å². The predicted molar refractivity (Wildman–Crippen MR) is 176 cm³/mol. The van der Waals surface area contributed by atoms with Gasteiger partial charge in [0.05, 0.1) is 18.3 Å². The van der Waals surface area contributed by atoms with Crippen LogP contribution in [0.4, 0.5) is 10.5 Å². The van der Waals surface area contributed by atoms with E-state index in [1.165, 1.54) is 4.68 Å². The van der Waals surface area contributed by atoms with Crippen LogP contribution in [0.3, 0.4) is 0 Å². The Balaban J connectivity index is 1.23. The van der Waals surface area contributed by atoms with Crippen molar-refractivity contribution in [2.75, 3.05) is 11.9 Å². The van der Waals surface area contributed by atoms with E-state index in [0.717, 1.165) is 48.9 Å². The lowest BCUT2D eigenvalue weighted by molar-refractivity contribution is -0.131. The third-order valence-electron chi connectivity index (χ3n) is 10.0. The minimum Gasteiger partial charge on any atom is -0.348 e. The summed E-state index contributed by atoms with van der Waals surface area (Å²) in [7, 11) is 1.70. The van der Waals surface area contributed by atoms with E-state index >= 15 is 0 Å². The van der Waals surface area contributed by atoms with Crippen LogP contribution in [0.2, 0.25) is 0 Å². The van der Waals surface area contributed by atoms with Gasteiger partial charge < -0.3 is 26.2 Å². The molecule has 2 fully saturated rings. The van der Waals surface area contributed by atoms with Crippen molar-refractivity contribution in [2.45, 2.75) is 83.0 Å². The second kappa shape index (κ2) is 13.5. The normalized spacial score (nSPS) is 21.7. The van der Waals surface area contributed by atoms with Gasteiger partial charge >= 0.3 is 6.03 Å². The molecule has 0 radical (unpaired) electrons. The molecule has 2 aliphatic carbocycles. The molecule has 1 unspecified atom stereocenters. The van der Waals surface area contributed by atoms with Crippen molar-refractivity contribution >= 4 is 29.4 Å². The first-order valence-corrected chi connectivity index (χ1v) is 16.6. The first-order valence-electron chi connectivity index (χ1n) is 16.6. The van der Waals surface area contributed by atoms with Crippen molar-refractivity contribution in [1.29, 1.82) is 0 Å². The zero-order valence-electron chi connectivity index (χ0n) is 27.3. The quantitative estimate of drug-likeness (QED) is 0.267. The Morgan fingerprint density at radius 1 is 1.02 bits per heavy atom. The lowest BCUT2D eigenvalue weighted by Gasteiger charge is -2.36. The molecule has 3 aliphatic rings. The summed E-state index contributed by atoms with van der Waals surface area (Å²) in [5.41, 5.74) is 2.41. The molecular formula is C35H44N8O4. The van der Waals surface area contributed by atoms with Gasteiger partial charge in [-0.25, -0.2) is 4.79 Å². The number of hydrogen-bond donors (Lipinski definition) is 4. The van der Waals surface area contributed by atoms with Gasteiger partial charge in [-0.3, -0.25) is 24.0 Å². The summed E-state index contributed by atoms with van der Waals surface area (Å²) < 4.78 is 1.49. The van der Waals surface area contributed by atoms with Crippen LogP contribution in [-0.4, -0.2) is 67.6 Å². The molecule has 1 saturated heterocycles. The number of urea groups is 1. The number of pyridine rings is 1. The van der Waals surface area contributed by atoms with Gasteiger partial charge in [-0.15, -0.1) is 0 Å². The minimum atomic E-state index is -1.13. The van der Waals surface area contributed by atoms with E-state index in [4.69, 9.17) is 0 Å². The molecule has 0 bridgehead atoms. The van der Waals surface area contributed by atoms with Crippen molar-refractivity contribution < 1.29 is 19.2 Å². The van der Waals surface area contributed by atoms with Crippen molar-refractivity contribution in [3.63, 3.8) is 0 Å². The van der Waals surface area contributed by atoms with Crippen molar-refractivity contribution in [3.8, 4) is 0 Å². The summed E-state index contributed by atoms with van der Waals surface area (Å²) in [6.45, 7) is 4.78. The Bertz CT molecular complexity index is 1630. The summed E-state index contributed by atoms with van der Waals surface area (Å²) in [4.78, 5) is 60.5. The lowest BCUT2D eigenvalue weighted by atomic mass is 9.83. The molecule has 6 rings (SSSR count). The zero-order chi connectivity index (χ0) is 33.1. The number of carbonyl (C=O) groups is 4. The molecule has 1 aliphatic heterocycles. The van der Waals surface area contributed by atoms with Gasteiger partial charge in [0.25, 0.3) is 5.91 Å². The summed E-state index contributed by atoms with van der Waals surface area (Å²) in [6.07, 6.45) is 8.78. The molecule has 47 heavy (non-hydrogen) atoms. The summed E-state index contributed by atoms with van der Waals surface area (Å²) in [5, 5.41) is 16.3. The van der Waals surface area contributed by atoms with E-state index in [1.807, 2.05) is 36.4 Å². The van der Waals surface area contributed by atoms with E-state index in [9.17, 15) is 19.2 Å². The van der Waals surface area contributed by atoms with Gasteiger partial charge in [0.15, 0.2) is 0 Å². The number of rotatable bonds is 10. The summed E-state index contributed by atoms with van der Waals surface area (Å²) in [5.74, 6) is -0.620. The smallest absolute Gasteiger partial charge is 0.318 e. The molecule has 5 amide bonds. The molecule has 3 aromatic rings. The topological polar surface area (TPSA) is 150 Å². The molecule has 248 valence electrons. The van der Waals surface area contributed by atoms with Gasteiger partial charge in [0.2, 0.25) is 11.8 Å². The SMILES string of the molecule is CC(C)[C@@H]1CN(C2(C(=O)NCc3ccccn3)Cc3ccc(NC(=O)[C@@H](NC(=O)c4ccnn4C)C4CCCCC4)cc3C2)C(=O)N1. The van der Waals surface area contributed by atoms with Crippen LogP contribution < -0.4 is 21.3 Å². The highest BCUT2D eigenvalue weighted by atomic mass is 16.2. The maximum atomic E-state index is 14.1. The molecule has 12 nitrogen and oxygen atoms in total. The van der Waals surface area contributed by atoms with Crippen LogP contribution in [0.15, 0.2) is 54.9 Å². The second-order valence-corrected chi connectivity index (χ2v) is 13.5. The third-order valence-corrected chi connectivity index (χ3v) is 10.0. The third kappa shape index (κ3) is 6.72. The maximum Gasteiger partial charge on any atom is 0.318 e. The van der Waals surface area contributed by atoms with Gasteiger partial charge in [-0.1, -0.05) is 45.2 Å². The summed E-state index contributed by atoms with van der Waals surface area (Å²) >= 11 is 0. The van der Waals surface area contributed by atoms with E-state index in [-0.39, 0.29) is 48.2 Å². The molecule has 1 aromatic carbocycles. The van der Waals surface area contributed by atoms with E-state index in [2.05, 4.69) is 45.2 Å². The lowest BCUT2D eigenvalue weighted by Crippen LogP contribution is -2.60. The number of aryl methyl sites for hydroxylation is 1. The van der Waals surface area contributed by atoms with Crippen molar-refractivity contribution in [2.24, 2.45) is 18.9 Å². The highest BCUT2D eigenvalue weighted by molar-refractivity contribution is 6.01. The Morgan fingerprint density at radius 3 is 2.49 bits per heavy atom. The van der Waals surface area contributed by atoms with E-state index in [1.54, 1.807) is 30.4 Å². The number of anilines is 1. The monoisotopic (exact) mass is 640 g/mol. The summed E-state index contributed by atoms with van der Waals surface area (Å²) in [6, 6.07) is 11.8. The molecule has 4 N–H and O–H groups in total. The number of nitrogens with one attached hydrogen (secondary N) is 4. The zero-order valence-corrected chi connectivity index (χ0v) is 27.3. The number of aromatic nitrogens is 3. The van der Waals surface area contributed by atoms with Crippen LogP contribution in [-0.2, 0) is 36.0 Å². The molecular weight excluding hydrogens is 596 g/mol. The van der Waals surface area contributed by atoms with Crippen LogP contribution in [0.1, 0.15) is 73.3 Å². The standard InChI is InChI=1S/C35H44N8O4/c1-22(2)28-21-43(34(47)40-28)35(33(46)37-20-27-11-7-8-15-36-27)18-24-12-13-26(17-25(24)19-35)39-32(45)30(23-9-5-4-6-10-23)41-31(44)29-14-16-38-42(29)3/h7-8,11-17,22-23,28,30H,4-6,9-10,18-21H2,1-3H3,(H,37,46)(H,39,45)(H,40,47)(H,41,44)/t28-,30-,35?/m0/s1. The number of fused-ring (bicyclic) bond motifs is 1. The van der Waals surface area contributed by atoms with Crippen molar-refractivity contribution in [3.05, 3.63) is 77.4 Å². The second-order valence-electron chi connectivity index (χ2n) is 13.5. The Labute approximate surface area is 275 Å². The maximum absolute atomic E-state index is 14.1. The Hall–Kier alpha value is -4.74. The van der Waals surface area contributed by atoms with Crippen LogP contribution in [0.5, 0.6) is 0 Å². The number of amides is 5. The first-order chi connectivity index (χ1) is 22.6. The van der Waals surface area contributed by atoms with Gasteiger partial charge in [-0.05, 0) is 66.1 Å². The highest BCUT2D eigenvalue weighted by Gasteiger charge is 2.53. The molecule has 12 heteroatoms. The molecule has 2 aromatic heterocycles. The van der Waals surface area contributed by atoms with Gasteiger partial charge in [0, 0.05) is 44.5 Å². The number of benzene rings is 1. The molecule has 3 atom stereocenters. The molecule has 0 spiro atoms. The predicted octanol–water partition coefficient (Wildman–Crippen LogP) is 3.34. The average molecular weight is 641 g/mol. The van der Waals surface area contributed by atoms with Crippen LogP contribution in [0, 0.1) is 11.8 Å². The fraction of sp³-hybridized carbons (Fsp3) is 0.486. The number of hydrogen-bond acceptors (Lipinski definition) is 6. The fourth-order valence-electron chi connectivity index (χ4n) is 7.25. The highest BCUT2D eigenvalue weighted by Crippen LogP contribution is 2.38. The average Bonchev–Trinajstić information content (AvgIpc) is 3.80. The van der Waals surface area contributed by atoms with Gasteiger partial charge in [0.1, 0.15) is 17.3 Å². The van der Waals surface area contributed by atoms with E-state index in [0.29, 0.717) is 30.8 Å². The fourth-order valence-corrected chi connectivity index (χ4v) is 7.25. The largest absolute Gasteiger partial charge is 0.348 e. The minimum absolute atomic E-state index is 0.0217. The Kier molecular flexibility index (Phi) is 9.28. The van der Waals surface area contributed by atoms with Crippen molar-refractivity contribution in [1.82, 2.24) is 35.6 Å². The number of nitrogens with zero attached hydrogens (tertiary/aromatic N) is 4. The molecule has 1 saturated carbocycles. The molecule has 3 heterocycles.